The maximum atomic E-state index is 9.76. The number of piperidine rings is 1. The van der Waals surface area contributed by atoms with E-state index in [1.807, 2.05) is 35.5 Å². The molecular formula is C27H31N7O. The van der Waals surface area contributed by atoms with Crippen LogP contribution in [0.2, 0.25) is 0 Å². The lowest BCUT2D eigenvalue weighted by molar-refractivity contribution is 0.108. The summed E-state index contributed by atoms with van der Waals surface area (Å²) in [4.78, 5) is 9.32. The molecule has 1 saturated carbocycles. The van der Waals surface area contributed by atoms with Gasteiger partial charge in [0.15, 0.2) is 5.82 Å². The highest BCUT2D eigenvalue weighted by molar-refractivity contribution is 5.70. The maximum Gasteiger partial charge on any atom is 0.159 e. The summed E-state index contributed by atoms with van der Waals surface area (Å²) in [6.07, 6.45) is 17.5. The van der Waals surface area contributed by atoms with Gasteiger partial charge in [0.1, 0.15) is 0 Å². The van der Waals surface area contributed by atoms with Gasteiger partial charge in [-0.15, -0.1) is 0 Å². The van der Waals surface area contributed by atoms with E-state index < -0.39 is 0 Å². The van der Waals surface area contributed by atoms with Crippen molar-refractivity contribution in [1.29, 1.82) is 0 Å². The van der Waals surface area contributed by atoms with E-state index in [1.54, 1.807) is 0 Å². The third-order valence-corrected chi connectivity index (χ3v) is 7.37. The SMILES string of the molecule is O[C@H]1CC[C@H](n2cc(-c3cnc(-c4cccc(-c5cnn(C6CCNCC6)c5)c4)nc3)cn2)CC1. The lowest BCUT2D eigenvalue weighted by Gasteiger charge is -2.25. The molecule has 180 valence electrons. The molecule has 1 aromatic carbocycles. The minimum atomic E-state index is -0.161. The molecule has 1 aliphatic carbocycles. The molecule has 1 aliphatic heterocycles. The van der Waals surface area contributed by atoms with Crippen LogP contribution in [0.4, 0.5) is 0 Å². The summed E-state index contributed by atoms with van der Waals surface area (Å²) in [6, 6.07) is 9.17. The summed E-state index contributed by atoms with van der Waals surface area (Å²) in [6.45, 7) is 2.10. The Bertz CT molecular complexity index is 1260. The van der Waals surface area contributed by atoms with Crippen molar-refractivity contribution in [2.45, 2.75) is 56.7 Å². The van der Waals surface area contributed by atoms with Gasteiger partial charge in [0, 0.05) is 47.0 Å². The van der Waals surface area contributed by atoms with E-state index in [0.29, 0.717) is 17.9 Å². The van der Waals surface area contributed by atoms with Crippen molar-refractivity contribution in [2.75, 3.05) is 13.1 Å². The van der Waals surface area contributed by atoms with E-state index in [2.05, 4.69) is 60.8 Å². The smallest absolute Gasteiger partial charge is 0.159 e. The number of aliphatic hydroxyl groups is 1. The van der Waals surface area contributed by atoms with Crippen LogP contribution in [0.25, 0.3) is 33.6 Å². The predicted octanol–water partition coefficient (Wildman–Crippen LogP) is 4.27. The van der Waals surface area contributed by atoms with Crippen LogP contribution in [0.15, 0.2) is 61.4 Å². The highest BCUT2D eigenvalue weighted by atomic mass is 16.3. The van der Waals surface area contributed by atoms with Gasteiger partial charge in [0.25, 0.3) is 0 Å². The molecule has 0 atom stereocenters. The molecule has 2 aliphatic rings. The average molecular weight is 470 g/mol. The summed E-state index contributed by atoms with van der Waals surface area (Å²) in [7, 11) is 0. The van der Waals surface area contributed by atoms with Gasteiger partial charge in [-0.05, 0) is 63.2 Å². The zero-order valence-corrected chi connectivity index (χ0v) is 19.8. The van der Waals surface area contributed by atoms with Gasteiger partial charge in [-0.1, -0.05) is 18.2 Å². The number of nitrogens with one attached hydrogen (secondary N) is 1. The van der Waals surface area contributed by atoms with Crippen LogP contribution in [0.1, 0.15) is 50.6 Å². The fourth-order valence-corrected chi connectivity index (χ4v) is 5.23. The van der Waals surface area contributed by atoms with Gasteiger partial charge in [0.2, 0.25) is 0 Å². The fraction of sp³-hybridized carbons (Fsp3) is 0.407. The Balaban J connectivity index is 1.18. The van der Waals surface area contributed by atoms with E-state index >= 15 is 0 Å². The highest BCUT2D eigenvalue weighted by Crippen LogP contribution is 2.30. The molecule has 6 rings (SSSR count). The van der Waals surface area contributed by atoms with Crippen LogP contribution < -0.4 is 5.32 Å². The Labute approximate surface area is 205 Å². The molecule has 0 unspecified atom stereocenters. The second kappa shape index (κ2) is 9.71. The molecule has 2 N–H and O–H groups in total. The highest BCUT2D eigenvalue weighted by Gasteiger charge is 2.21. The Morgan fingerprint density at radius 2 is 1.29 bits per heavy atom. The molecule has 0 radical (unpaired) electrons. The second-order valence-electron chi connectivity index (χ2n) is 9.74. The van der Waals surface area contributed by atoms with E-state index in [1.165, 1.54) is 0 Å². The first-order chi connectivity index (χ1) is 17.2. The molecule has 2 fully saturated rings. The van der Waals surface area contributed by atoms with Crippen LogP contribution >= 0.6 is 0 Å². The van der Waals surface area contributed by atoms with Crippen LogP contribution in [0, 0.1) is 0 Å². The summed E-state index contributed by atoms with van der Waals surface area (Å²) in [5.41, 5.74) is 5.19. The molecule has 1 saturated heterocycles. The van der Waals surface area contributed by atoms with E-state index in [4.69, 9.17) is 0 Å². The van der Waals surface area contributed by atoms with Gasteiger partial charge < -0.3 is 10.4 Å². The van der Waals surface area contributed by atoms with Gasteiger partial charge in [0.05, 0.1) is 30.6 Å². The number of benzene rings is 1. The van der Waals surface area contributed by atoms with Crippen molar-refractivity contribution >= 4 is 0 Å². The molecular weight excluding hydrogens is 438 g/mol. The molecule has 3 aromatic heterocycles. The van der Waals surface area contributed by atoms with Crippen LogP contribution in [0.3, 0.4) is 0 Å². The zero-order valence-electron chi connectivity index (χ0n) is 19.8. The summed E-state index contributed by atoms with van der Waals surface area (Å²) < 4.78 is 4.15. The zero-order chi connectivity index (χ0) is 23.6. The van der Waals surface area contributed by atoms with Gasteiger partial charge in [-0.25, -0.2) is 9.97 Å². The largest absolute Gasteiger partial charge is 0.393 e. The van der Waals surface area contributed by atoms with E-state index in [-0.39, 0.29) is 6.10 Å². The summed E-state index contributed by atoms with van der Waals surface area (Å²) in [5, 5.41) is 22.4. The van der Waals surface area contributed by atoms with Crippen molar-refractivity contribution in [3.63, 3.8) is 0 Å². The summed E-state index contributed by atoms with van der Waals surface area (Å²) >= 11 is 0. The third-order valence-electron chi connectivity index (χ3n) is 7.37. The number of nitrogens with zero attached hydrogens (tertiary/aromatic N) is 6. The monoisotopic (exact) mass is 469 g/mol. The Hall–Kier alpha value is -3.36. The first-order valence-corrected chi connectivity index (χ1v) is 12.6. The first-order valence-electron chi connectivity index (χ1n) is 12.6. The Morgan fingerprint density at radius 3 is 1.97 bits per heavy atom. The fourth-order valence-electron chi connectivity index (χ4n) is 5.23. The van der Waals surface area contributed by atoms with Crippen LogP contribution in [-0.2, 0) is 0 Å². The van der Waals surface area contributed by atoms with Crippen molar-refractivity contribution in [3.05, 3.63) is 61.4 Å². The van der Waals surface area contributed by atoms with Gasteiger partial charge in [-0.2, -0.15) is 10.2 Å². The number of rotatable bonds is 5. The van der Waals surface area contributed by atoms with Gasteiger partial charge >= 0.3 is 0 Å². The lowest BCUT2D eigenvalue weighted by Crippen LogP contribution is -2.29. The molecule has 4 aromatic rings. The van der Waals surface area contributed by atoms with Crippen molar-refractivity contribution in [2.24, 2.45) is 0 Å². The minimum absolute atomic E-state index is 0.161. The molecule has 8 nitrogen and oxygen atoms in total. The average Bonchev–Trinajstić information content (AvgIpc) is 3.61. The van der Waals surface area contributed by atoms with Crippen molar-refractivity contribution in [3.8, 4) is 33.6 Å². The van der Waals surface area contributed by atoms with Crippen LogP contribution in [0.5, 0.6) is 0 Å². The van der Waals surface area contributed by atoms with Gasteiger partial charge in [-0.3, -0.25) is 9.36 Å². The quantitative estimate of drug-likeness (QED) is 0.453. The topological polar surface area (TPSA) is 93.7 Å². The molecule has 4 heterocycles. The molecule has 0 amide bonds. The Morgan fingerprint density at radius 1 is 0.686 bits per heavy atom. The maximum absolute atomic E-state index is 9.76. The molecule has 35 heavy (non-hydrogen) atoms. The number of hydrogen-bond acceptors (Lipinski definition) is 6. The van der Waals surface area contributed by atoms with Crippen molar-refractivity contribution in [1.82, 2.24) is 34.8 Å². The second-order valence-corrected chi connectivity index (χ2v) is 9.74. The lowest BCUT2D eigenvalue weighted by atomic mass is 9.93. The normalized spacial score (nSPS) is 21.3. The predicted molar refractivity (Wildman–Crippen MR) is 135 cm³/mol. The van der Waals surface area contributed by atoms with E-state index in [9.17, 15) is 5.11 Å². The molecule has 0 spiro atoms. The van der Waals surface area contributed by atoms with Crippen LogP contribution in [-0.4, -0.2) is 53.8 Å². The standard InChI is InChI=1S/C27H31N7O/c35-26-6-4-24(5-7-26)33-18-23(16-32-33)21-13-29-27(30-14-21)20-3-1-2-19(12-20)22-15-31-34(17-22)25-8-10-28-11-9-25/h1-3,12-18,24-26,28,35H,4-11H2/t24-,26-. The number of hydrogen-bond donors (Lipinski definition) is 2. The number of aliphatic hydroxyl groups excluding tert-OH is 1. The van der Waals surface area contributed by atoms with Crippen molar-refractivity contribution < 1.29 is 5.11 Å². The Kier molecular flexibility index (Phi) is 6.14. The molecule has 8 heteroatoms. The van der Waals surface area contributed by atoms with E-state index in [0.717, 1.165) is 79.4 Å². The first kappa shape index (κ1) is 22.1. The third kappa shape index (κ3) is 4.76. The molecule has 0 bridgehead atoms. The summed E-state index contributed by atoms with van der Waals surface area (Å²) in [5.74, 6) is 0.704. The number of aromatic nitrogens is 6. The minimum Gasteiger partial charge on any atom is -0.393 e.